The monoisotopic (exact) mass is 899 g/mol. The lowest BCUT2D eigenvalue weighted by molar-refractivity contribution is 0.590. The number of hydrogen-bond donors (Lipinski definition) is 0. The summed E-state index contributed by atoms with van der Waals surface area (Å²) in [6.45, 7) is 20.4. The van der Waals surface area contributed by atoms with Crippen LogP contribution in [0.1, 0.15) is 79.0 Å². The molecule has 6 heterocycles. The van der Waals surface area contributed by atoms with E-state index in [1.165, 1.54) is 60.8 Å². The second-order valence-corrected chi connectivity index (χ2v) is 23.4. The van der Waals surface area contributed by atoms with Crippen LogP contribution in [0.4, 0.5) is 11.4 Å². The summed E-state index contributed by atoms with van der Waals surface area (Å²) in [6, 6.07) is 52.0. The molecular weight excluding hydrogens is 850 g/mol. The maximum absolute atomic E-state index is 7.26. The molecule has 0 fully saturated rings. The number of anilines is 2. The van der Waals surface area contributed by atoms with Gasteiger partial charge in [-0.15, -0.1) is 11.3 Å². The quantitative estimate of drug-likeness (QED) is 0.162. The first kappa shape index (κ1) is 40.0. The van der Waals surface area contributed by atoms with Crippen LogP contribution in [0.25, 0.3) is 103 Å². The lowest BCUT2D eigenvalue weighted by atomic mass is 9.43. The lowest BCUT2D eigenvalue weighted by Gasteiger charge is -2.42. The van der Waals surface area contributed by atoms with Gasteiger partial charge >= 0.3 is 6.85 Å². The Hall–Kier alpha value is -7.09. The summed E-state index contributed by atoms with van der Waals surface area (Å²) in [5, 5.41) is 7.92. The van der Waals surface area contributed by atoms with E-state index in [1.807, 2.05) is 0 Å². The Morgan fingerprint density at radius 2 is 1.21 bits per heavy atom. The SMILES string of the molecule is CC(C)(C)c1ccc(N2B3c4cc5nc(-c6ccccc6)sc5cc4-n4c5ccc(C(C)(C)C)cc5c5c6oc7ccccc7c6c(c3c54)-c3cc4c(cc32)oc2ccc(C(C)(C)C)cc24)cc1. The summed E-state index contributed by atoms with van der Waals surface area (Å²) in [6.07, 6.45) is 0. The summed E-state index contributed by atoms with van der Waals surface area (Å²) >= 11 is 1.77. The summed E-state index contributed by atoms with van der Waals surface area (Å²) in [4.78, 5) is 8.02. The number of hydrogen-bond acceptors (Lipinski definition) is 5. The molecule has 0 unspecified atom stereocenters. The van der Waals surface area contributed by atoms with Crippen molar-refractivity contribution in [3.05, 3.63) is 156 Å². The highest BCUT2D eigenvalue weighted by atomic mass is 32.1. The number of benzene rings is 8. The predicted octanol–water partition coefficient (Wildman–Crippen LogP) is 16.0. The van der Waals surface area contributed by atoms with Crippen LogP contribution < -0.4 is 15.7 Å². The summed E-state index contributed by atoms with van der Waals surface area (Å²) in [5.74, 6) is 0. The minimum absolute atomic E-state index is 0.00559. The van der Waals surface area contributed by atoms with Gasteiger partial charge in [-0.05, 0) is 110 Å². The maximum Gasteiger partial charge on any atom is 0.333 e. The van der Waals surface area contributed by atoms with Crippen LogP contribution in [0.15, 0.2) is 148 Å². The molecule has 14 rings (SSSR count). The summed E-state index contributed by atoms with van der Waals surface area (Å²) < 4.78 is 17.9. The molecule has 4 aromatic heterocycles. The van der Waals surface area contributed by atoms with E-state index >= 15 is 0 Å². The Labute approximate surface area is 399 Å². The normalized spacial score (nSPS) is 13.9. The molecule has 0 aliphatic carbocycles. The molecule has 0 saturated carbocycles. The zero-order valence-corrected chi connectivity index (χ0v) is 40.7. The molecule has 0 amide bonds. The summed E-state index contributed by atoms with van der Waals surface area (Å²) in [7, 11) is 0. The van der Waals surface area contributed by atoms with Gasteiger partial charge in [0.25, 0.3) is 0 Å². The van der Waals surface area contributed by atoms with Crippen molar-refractivity contribution < 1.29 is 8.83 Å². The van der Waals surface area contributed by atoms with Crippen molar-refractivity contribution in [2.45, 2.75) is 78.6 Å². The number of para-hydroxylation sites is 1. The highest BCUT2D eigenvalue weighted by molar-refractivity contribution is 7.21. The molecule has 2 aliphatic rings. The number of fused-ring (bicyclic) bond motifs is 17. The van der Waals surface area contributed by atoms with Gasteiger partial charge in [-0.2, -0.15) is 0 Å². The van der Waals surface area contributed by atoms with E-state index in [9.17, 15) is 0 Å². The molecule has 12 aromatic rings. The first-order valence-electron chi connectivity index (χ1n) is 24.0. The van der Waals surface area contributed by atoms with E-state index in [1.54, 1.807) is 11.3 Å². The molecule has 8 aromatic carbocycles. The molecule has 0 radical (unpaired) electrons. The Balaban J connectivity index is 1.20. The zero-order chi connectivity index (χ0) is 46.3. The second kappa shape index (κ2) is 13.3. The smallest absolute Gasteiger partial charge is 0.333 e. The van der Waals surface area contributed by atoms with Gasteiger partial charge in [0, 0.05) is 61.2 Å². The molecule has 0 saturated heterocycles. The van der Waals surface area contributed by atoms with E-state index in [2.05, 4.69) is 211 Å². The molecule has 2 aliphatic heterocycles. The van der Waals surface area contributed by atoms with Gasteiger partial charge in [-0.1, -0.05) is 135 Å². The Kier molecular flexibility index (Phi) is 7.84. The van der Waals surface area contributed by atoms with Crippen LogP contribution in [0.5, 0.6) is 0 Å². The number of nitrogens with zero attached hydrogens (tertiary/aromatic N) is 3. The number of furan rings is 2. The van der Waals surface area contributed by atoms with Gasteiger partial charge in [0.1, 0.15) is 27.3 Å². The average molecular weight is 900 g/mol. The predicted molar refractivity (Wildman–Crippen MR) is 289 cm³/mol. The number of thiazole rings is 1. The first-order chi connectivity index (χ1) is 32.6. The molecule has 0 spiro atoms. The molecule has 0 N–H and O–H groups in total. The maximum atomic E-state index is 7.26. The molecule has 5 nitrogen and oxygen atoms in total. The topological polar surface area (TPSA) is 47.3 Å². The van der Waals surface area contributed by atoms with E-state index in [-0.39, 0.29) is 23.1 Å². The molecule has 7 heteroatoms. The molecule has 0 atom stereocenters. The minimum atomic E-state index is -0.229. The third-order valence-electron chi connectivity index (χ3n) is 15.0. The molecular formula is C61H50BN3O2S. The van der Waals surface area contributed by atoms with Crippen LogP contribution in [0, 0.1) is 0 Å². The van der Waals surface area contributed by atoms with E-state index in [0.29, 0.717) is 0 Å². The van der Waals surface area contributed by atoms with Crippen molar-refractivity contribution in [1.29, 1.82) is 0 Å². The Morgan fingerprint density at radius 3 is 1.96 bits per heavy atom. The van der Waals surface area contributed by atoms with Gasteiger partial charge in [-0.25, -0.2) is 4.98 Å². The molecule has 0 bridgehead atoms. The van der Waals surface area contributed by atoms with E-state index < -0.39 is 0 Å². The van der Waals surface area contributed by atoms with Crippen LogP contribution >= 0.6 is 11.3 Å². The van der Waals surface area contributed by atoms with Crippen molar-refractivity contribution in [3.63, 3.8) is 0 Å². The largest absolute Gasteiger partial charge is 0.456 e. The highest BCUT2D eigenvalue weighted by Crippen LogP contribution is 2.53. The van der Waals surface area contributed by atoms with Crippen molar-refractivity contribution >= 4 is 116 Å². The van der Waals surface area contributed by atoms with Crippen molar-refractivity contribution in [1.82, 2.24) is 9.55 Å². The van der Waals surface area contributed by atoms with Crippen molar-refractivity contribution in [3.8, 4) is 27.4 Å². The lowest BCUT2D eigenvalue weighted by Crippen LogP contribution is -2.60. The third kappa shape index (κ3) is 5.48. The van der Waals surface area contributed by atoms with Crippen LogP contribution in [-0.4, -0.2) is 16.4 Å². The fourth-order valence-electron chi connectivity index (χ4n) is 11.5. The van der Waals surface area contributed by atoms with Gasteiger partial charge in [0.05, 0.1) is 26.6 Å². The molecule has 68 heavy (non-hydrogen) atoms. The second-order valence-electron chi connectivity index (χ2n) is 22.4. The van der Waals surface area contributed by atoms with Crippen LogP contribution in [0.3, 0.4) is 0 Å². The summed E-state index contributed by atoms with van der Waals surface area (Å²) in [5.41, 5.74) is 20.2. The Morgan fingerprint density at radius 1 is 0.544 bits per heavy atom. The fraction of sp³-hybridized carbons (Fsp3) is 0.197. The average Bonchev–Trinajstić information content (AvgIpc) is 4.09. The Bertz CT molecular complexity index is 4150. The van der Waals surface area contributed by atoms with Crippen molar-refractivity contribution in [2.75, 3.05) is 4.81 Å². The van der Waals surface area contributed by atoms with Gasteiger partial charge in [0.15, 0.2) is 0 Å². The van der Waals surface area contributed by atoms with Crippen LogP contribution in [0.2, 0.25) is 0 Å². The number of aromatic nitrogens is 2. The van der Waals surface area contributed by atoms with Gasteiger partial charge in [0.2, 0.25) is 0 Å². The number of rotatable bonds is 2. The first-order valence-corrected chi connectivity index (χ1v) is 24.8. The van der Waals surface area contributed by atoms with Crippen molar-refractivity contribution in [2.24, 2.45) is 0 Å². The van der Waals surface area contributed by atoms with E-state index in [4.69, 9.17) is 13.8 Å². The van der Waals surface area contributed by atoms with Crippen LogP contribution in [-0.2, 0) is 16.2 Å². The van der Waals surface area contributed by atoms with Gasteiger partial charge < -0.3 is 18.2 Å². The van der Waals surface area contributed by atoms with E-state index in [0.717, 1.165) is 81.4 Å². The zero-order valence-electron chi connectivity index (χ0n) is 39.9. The molecule has 330 valence electrons. The third-order valence-corrected chi connectivity index (χ3v) is 16.1. The fourth-order valence-corrected chi connectivity index (χ4v) is 12.5. The highest BCUT2D eigenvalue weighted by Gasteiger charge is 2.47. The standard InChI is InChI=1S/C61H50BN3O2S/c1-59(2,3)34-19-23-37(24-20-34)65-46-31-50-40(39-27-36(61(7,8)9)22-26-49(39)66-50)29-42(46)52-53-38-17-13-14-18-48(38)67-57(53)54-41-28-35(60(4,5)6)21-25-45(41)64-47-32-51-44(30-43(47)62(65)55(52)56(54)64)63-58(68-51)33-15-11-10-12-16-33/h10-32H,1-9H3. The minimum Gasteiger partial charge on any atom is -0.456 e. The van der Waals surface area contributed by atoms with Gasteiger partial charge in [-0.3, -0.25) is 0 Å².